The SMILES string of the molecule is Cc1csc(NC(=O)COc2ccc3ccccc3c2)n1. The Balaban J connectivity index is 1.61. The van der Waals surface area contributed by atoms with Gasteiger partial charge in [0.1, 0.15) is 5.75 Å². The summed E-state index contributed by atoms with van der Waals surface area (Å²) in [6, 6.07) is 13.8. The molecule has 0 bridgehead atoms. The number of nitrogens with zero attached hydrogens (tertiary/aromatic N) is 1. The summed E-state index contributed by atoms with van der Waals surface area (Å²) >= 11 is 1.40. The number of amides is 1. The summed E-state index contributed by atoms with van der Waals surface area (Å²) in [6.07, 6.45) is 0. The molecule has 1 aromatic heterocycles. The van der Waals surface area contributed by atoms with Gasteiger partial charge in [0.25, 0.3) is 5.91 Å². The fraction of sp³-hybridized carbons (Fsp3) is 0.125. The van der Waals surface area contributed by atoms with Crippen LogP contribution in [0.4, 0.5) is 5.13 Å². The number of carbonyl (C=O) groups is 1. The van der Waals surface area contributed by atoms with Gasteiger partial charge in [-0.05, 0) is 29.8 Å². The third-order valence-corrected chi connectivity index (χ3v) is 3.83. The van der Waals surface area contributed by atoms with E-state index in [1.807, 2.05) is 54.8 Å². The van der Waals surface area contributed by atoms with Crippen LogP contribution in [0.25, 0.3) is 10.8 Å². The summed E-state index contributed by atoms with van der Waals surface area (Å²) in [7, 11) is 0. The maximum Gasteiger partial charge on any atom is 0.264 e. The molecule has 1 N–H and O–H groups in total. The normalized spacial score (nSPS) is 10.5. The maximum absolute atomic E-state index is 11.8. The van der Waals surface area contributed by atoms with E-state index in [1.54, 1.807) is 0 Å². The number of hydrogen-bond donors (Lipinski definition) is 1. The van der Waals surface area contributed by atoms with E-state index >= 15 is 0 Å². The van der Waals surface area contributed by atoms with Gasteiger partial charge < -0.3 is 4.74 Å². The van der Waals surface area contributed by atoms with Crippen LogP contribution in [-0.4, -0.2) is 17.5 Å². The molecule has 4 nitrogen and oxygen atoms in total. The van der Waals surface area contributed by atoms with Crippen molar-refractivity contribution in [1.82, 2.24) is 4.98 Å². The summed E-state index contributed by atoms with van der Waals surface area (Å²) < 4.78 is 5.52. The van der Waals surface area contributed by atoms with E-state index in [2.05, 4.69) is 10.3 Å². The van der Waals surface area contributed by atoms with Crippen LogP contribution in [0.5, 0.6) is 5.75 Å². The molecule has 106 valence electrons. The van der Waals surface area contributed by atoms with Crippen molar-refractivity contribution in [3.05, 3.63) is 53.5 Å². The number of aryl methyl sites for hydroxylation is 1. The minimum atomic E-state index is -0.211. The molecule has 0 spiro atoms. The van der Waals surface area contributed by atoms with Crippen molar-refractivity contribution in [3.8, 4) is 5.75 Å². The van der Waals surface area contributed by atoms with Crippen LogP contribution in [0, 0.1) is 6.92 Å². The van der Waals surface area contributed by atoms with Gasteiger partial charge in [-0.1, -0.05) is 30.3 Å². The molecule has 0 aliphatic rings. The fourth-order valence-corrected chi connectivity index (χ4v) is 2.68. The first kappa shape index (κ1) is 13.6. The van der Waals surface area contributed by atoms with E-state index in [0.29, 0.717) is 10.9 Å². The standard InChI is InChI=1S/C16H14N2O2S/c1-11-10-21-16(17-11)18-15(19)9-20-14-7-6-12-4-2-3-5-13(12)8-14/h2-8,10H,9H2,1H3,(H,17,18,19). The zero-order chi connectivity index (χ0) is 14.7. The predicted molar refractivity (Wildman–Crippen MR) is 84.9 cm³/mol. The number of hydrogen-bond acceptors (Lipinski definition) is 4. The highest BCUT2D eigenvalue weighted by molar-refractivity contribution is 7.13. The van der Waals surface area contributed by atoms with E-state index in [1.165, 1.54) is 11.3 Å². The van der Waals surface area contributed by atoms with Gasteiger partial charge in [-0.15, -0.1) is 11.3 Å². The average Bonchev–Trinajstić information content (AvgIpc) is 2.90. The molecule has 21 heavy (non-hydrogen) atoms. The molecule has 0 aliphatic heterocycles. The first-order valence-corrected chi connectivity index (χ1v) is 7.42. The smallest absolute Gasteiger partial charge is 0.264 e. The highest BCUT2D eigenvalue weighted by Gasteiger charge is 2.06. The van der Waals surface area contributed by atoms with Crippen LogP contribution in [0.15, 0.2) is 47.8 Å². The molecule has 5 heteroatoms. The van der Waals surface area contributed by atoms with Gasteiger partial charge in [0.2, 0.25) is 0 Å². The lowest BCUT2D eigenvalue weighted by molar-refractivity contribution is -0.118. The summed E-state index contributed by atoms with van der Waals surface area (Å²) in [6.45, 7) is 1.86. The van der Waals surface area contributed by atoms with Crippen LogP contribution in [0.2, 0.25) is 0 Å². The number of thiazole rings is 1. The van der Waals surface area contributed by atoms with Crippen molar-refractivity contribution >= 4 is 33.1 Å². The monoisotopic (exact) mass is 298 g/mol. The van der Waals surface area contributed by atoms with Crippen molar-refractivity contribution in [2.45, 2.75) is 6.92 Å². The van der Waals surface area contributed by atoms with Gasteiger partial charge in [-0.25, -0.2) is 4.98 Å². The van der Waals surface area contributed by atoms with Crippen LogP contribution in [0.3, 0.4) is 0 Å². The van der Waals surface area contributed by atoms with Crippen molar-refractivity contribution < 1.29 is 9.53 Å². The second-order valence-electron chi connectivity index (χ2n) is 4.64. The third kappa shape index (κ3) is 3.38. The number of rotatable bonds is 4. The van der Waals surface area contributed by atoms with Crippen molar-refractivity contribution in [2.24, 2.45) is 0 Å². The zero-order valence-electron chi connectivity index (χ0n) is 11.5. The molecule has 3 rings (SSSR count). The van der Waals surface area contributed by atoms with Gasteiger partial charge in [-0.3, -0.25) is 10.1 Å². The Morgan fingerprint density at radius 3 is 2.81 bits per heavy atom. The summed E-state index contributed by atoms with van der Waals surface area (Å²) in [5, 5.41) is 7.43. The lowest BCUT2D eigenvalue weighted by Gasteiger charge is -2.07. The first-order valence-electron chi connectivity index (χ1n) is 6.54. The maximum atomic E-state index is 11.8. The largest absolute Gasteiger partial charge is 0.484 e. The van der Waals surface area contributed by atoms with Gasteiger partial charge in [0.05, 0.1) is 5.69 Å². The molecular formula is C16H14N2O2S. The Hall–Kier alpha value is -2.40. The number of aromatic nitrogens is 1. The molecular weight excluding hydrogens is 284 g/mol. The lowest BCUT2D eigenvalue weighted by atomic mass is 10.1. The number of nitrogens with one attached hydrogen (secondary N) is 1. The van der Waals surface area contributed by atoms with Crippen molar-refractivity contribution in [2.75, 3.05) is 11.9 Å². The first-order chi connectivity index (χ1) is 10.2. The highest BCUT2D eigenvalue weighted by Crippen LogP contribution is 2.20. The number of fused-ring (bicyclic) bond motifs is 1. The molecule has 0 fully saturated rings. The van der Waals surface area contributed by atoms with Gasteiger partial charge in [0.15, 0.2) is 11.7 Å². The molecule has 0 saturated carbocycles. The number of carbonyl (C=O) groups excluding carboxylic acids is 1. The molecule has 1 heterocycles. The number of ether oxygens (including phenoxy) is 1. The quantitative estimate of drug-likeness (QED) is 0.800. The molecule has 2 aromatic carbocycles. The Bertz CT molecular complexity index is 783. The van der Waals surface area contributed by atoms with E-state index in [0.717, 1.165) is 16.5 Å². The summed E-state index contributed by atoms with van der Waals surface area (Å²) in [5.41, 5.74) is 0.894. The molecule has 3 aromatic rings. The Labute approximate surface area is 126 Å². The molecule has 0 atom stereocenters. The third-order valence-electron chi connectivity index (χ3n) is 2.96. The second kappa shape index (κ2) is 5.93. The van der Waals surface area contributed by atoms with Crippen molar-refractivity contribution in [1.29, 1.82) is 0 Å². The molecule has 0 aliphatic carbocycles. The van der Waals surface area contributed by atoms with Gasteiger partial charge >= 0.3 is 0 Å². The molecule has 0 unspecified atom stereocenters. The minimum absolute atomic E-state index is 0.0308. The summed E-state index contributed by atoms with van der Waals surface area (Å²) in [5.74, 6) is 0.469. The minimum Gasteiger partial charge on any atom is -0.484 e. The average molecular weight is 298 g/mol. The van der Waals surface area contributed by atoms with Gasteiger partial charge in [0, 0.05) is 5.38 Å². The van der Waals surface area contributed by atoms with Crippen LogP contribution in [-0.2, 0) is 4.79 Å². The Morgan fingerprint density at radius 2 is 2.05 bits per heavy atom. The topological polar surface area (TPSA) is 51.2 Å². The zero-order valence-corrected chi connectivity index (χ0v) is 12.3. The van der Waals surface area contributed by atoms with E-state index in [4.69, 9.17) is 4.74 Å². The Kier molecular flexibility index (Phi) is 3.83. The molecule has 0 saturated heterocycles. The van der Waals surface area contributed by atoms with E-state index in [-0.39, 0.29) is 12.5 Å². The van der Waals surface area contributed by atoms with Gasteiger partial charge in [-0.2, -0.15) is 0 Å². The van der Waals surface area contributed by atoms with E-state index in [9.17, 15) is 4.79 Å². The second-order valence-corrected chi connectivity index (χ2v) is 5.50. The lowest BCUT2D eigenvalue weighted by Crippen LogP contribution is -2.20. The summed E-state index contributed by atoms with van der Waals surface area (Å²) in [4.78, 5) is 16.0. The van der Waals surface area contributed by atoms with E-state index < -0.39 is 0 Å². The molecule has 0 radical (unpaired) electrons. The fourth-order valence-electron chi connectivity index (χ4n) is 1.97. The number of anilines is 1. The van der Waals surface area contributed by atoms with Crippen LogP contribution in [0.1, 0.15) is 5.69 Å². The van der Waals surface area contributed by atoms with Crippen LogP contribution >= 0.6 is 11.3 Å². The van der Waals surface area contributed by atoms with Crippen LogP contribution < -0.4 is 10.1 Å². The Morgan fingerprint density at radius 1 is 1.24 bits per heavy atom. The highest BCUT2D eigenvalue weighted by atomic mass is 32.1. The molecule has 1 amide bonds. The number of benzene rings is 2. The predicted octanol–water partition coefficient (Wildman–Crippen LogP) is 3.62. The van der Waals surface area contributed by atoms with Crippen molar-refractivity contribution in [3.63, 3.8) is 0 Å².